The van der Waals surface area contributed by atoms with Crippen molar-refractivity contribution in [3.63, 3.8) is 0 Å². The van der Waals surface area contributed by atoms with Crippen molar-refractivity contribution >= 4 is 49.7 Å². The average molecular weight is 413 g/mol. The highest BCUT2D eigenvalue weighted by Gasteiger charge is 2.21. The summed E-state index contributed by atoms with van der Waals surface area (Å²) in [5, 5.41) is 10.1. The molecule has 0 aliphatic carbocycles. The molecule has 26 heavy (non-hydrogen) atoms. The predicted octanol–water partition coefficient (Wildman–Crippen LogP) is 3.38. The minimum atomic E-state index is -4.06. The standard InChI is InChI=1S/C15H10ClFN4O3S2/c16-10-6-4-9(5-7-10)13(22)18-14-19-20-15(25-14)26(23,24)21-12-3-1-2-11(17)8-12/h1-8,21H,(H,18,19,22). The Bertz CT molecular complexity index is 1050. The van der Waals surface area contributed by atoms with Gasteiger partial charge in [0.1, 0.15) is 5.82 Å². The average Bonchev–Trinajstić information content (AvgIpc) is 3.04. The van der Waals surface area contributed by atoms with Gasteiger partial charge in [-0.25, -0.2) is 4.39 Å². The fourth-order valence-electron chi connectivity index (χ4n) is 1.89. The first-order valence-electron chi connectivity index (χ1n) is 7.02. The Labute approximate surface area is 156 Å². The van der Waals surface area contributed by atoms with E-state index in [9.17, 15) is 17.6 Å². The molecule has 0 saturated carbocycles. The van der Waals surface area contributed by atoms with Gasteiger partial charge in [0, 0.05) is 10.6 Å². The molecule has 0 bridgehead atoms. The van der Waals surface area contributed by atoms with E-state index in [0.717, 1.165) is 6.07 Å². The predicted molar refractivity (Wildman–Crippen MR) is 96.5 cm³/mol. The van der Waals surface area contributed by atoms with Crippen LogP contribution in [0.25, 0.3) is 0 Å². The van der Waals surface area contributed by atoms with Gasteiger partial charge in [-0.2, -0.15) is 8.42 Å². The summed E-state index contributed by atoms with van der Waals surface area (Å²) >= 11 is 6.42. The Morgan fingerprint density at radius 1 is 1.12 bits per heavy atom. The summed E-state index contributed by atoms with van der Waals surface area (Å²) in [5.74, 6) is -1.07. The fourth-order valence-corrected chi connectivity index (χ4v) is 3.96. The number of hydrogen-bond donors (Lipinski definition) is 2. The number of carbonyl (C=O) groups is 1. The lowest BCUT2D eigenvalue weighted by molar-refractivity contribution is 0.102. The second-order valence-electron chi connectivity index (χ2n) is 4.95. The van der Waals surface area contributed by atoms with Crippen molar-refractivity contribution in [2.45, 2.75) is 4.34 Å². The topological polar surface area (TPSA) is 101 Å². The number of carbonyl (C=O) groups excluding carboxylic acids is 1. The van der Waals surface area contributed by atoms with E-state index in [4.69, 9.17) is 11.6 Å². The Kier molecular flexibility index (Phi) is 5.16. The van der Waals surface area contributed by atoms with Crippen molar-refractivity contribution < 1.29 is 17.6 Å². The van der Waals surface area contributed by atoms with E-state index in [1.165, 1.54) is 30.3 Å². The molecule has 3 aromatic rings. The minimum absolute atomic E-state index is 0.00423. The number of aromatic nitrogens is 2. The van der Waals surface area contributed by atoms with Crippen molar-refractivity contribution in [3.8, 4) is 0 Å². The number of anilines is 2. The summed E-state index contributed by atoms with van der Waals surface area (Å²) in [4.78, 5) is 12.1. The molecule has 0 saturated heterocycles. The van der Waals surface area contributed by atoms with Gasteiger partial charge in [-0.05, 0) is 42.5 Å². The van der Waals surface area contributed by atoms with Gasteiger partial charge < -0.3 is 0 Å². The second-order valence-corrected chi connectivity index (χ2v) is 8.22. The number of hydrogen-bond acceptors (Lipinski definition) is 6. The number of rotatable bonds is 5. The van der Waals surface area contributed by atoms with Crippen LogP contribution in [0.4, 0.5) is 15.2 Å². The number of nitrogens with zero attached hydrogens (tertiary/aromatic N) is 2. The molecule has 2 aromatic carbocycles. The van der Waals surface area contributed by atoms with Crippen LogP contribution in [0.3, 0.4) is 0 Å². The van der Waals surface area contributed by atoms with Crippen LogP contribution in [0.15, 0.2) is 52.9 Å². The highest BCUT2D eigenvalue weighted by molar-refractivity contribution is 7.94. The summed E-state index contributed by atoms with van der Waals surface area (Å²) in [5.41, 5.74) is 0.374. The van der Waals surface area contributed by atoms with Gasteiger partial charge in [0.15, 0.2) is 0 Å². The maximum absolute atomic E-state index is 13.2. The Morgan fingerprint density at radius 2 is 1.85 bits per heavy atom. The molecule has 3 rings (SSSR count). The van der Waals surface area contributed by atoms with Gasteiger partial charge in [-0.3, -0.25) is 14.8 Å². The van der Waals surface area contributed by atoms with Crippen LogP contribution in [-0.4, -0.2) is 24.5 Å². The number of nitrogens with one attached hydrogen (secondary N) is 2. The van der Waals surface area contributed by atoms with Crippen LogP contribution < -0.4 is 10.0 Å². The molecule has 2 N–H and O–H groups in total. The highest BCUT2D eigenvalue weighted by atomic mass is 35.5. The maximum Gasteiger partial charge on any atom is 0.291 e. The quantitative estimate of drug-likeness (QED) is 0.625. The summed E-state index contributed by atoms with van der Waals surface area (Å²) < 4.78 is 39.5. The summed E-state index contributed by atoms with van der Waals surface area (Å²) in [7, 11) is -4.06. The molecule has 0 radical (unpaired) electrons. The number of sulfonamides is 1. The molecular weight excluding hydrogens is 403 g/mol. The van der Waals surface area contributed by atoms with Crippen molar-refractivity contribution in [2.75, 3.05) is 10.0 Å². The highest BCUT2D eigenvalue weighted by Crippen LogP contribution is 2.23. The first-order valence-corrected chi connectivity index (χ1v) is 9.70. The lowest BCUT2D eigenvalue weighted by Gasteiger charge is -2.04. The first kappa shape index (κ1) is 18.2. The number of halogens is 2. The van der Waals surface area contributed by atoms with Gasteiger partial charge >= 0.3 is 0 Å². The van der Waals surface area contributed by atoms with Gasteiger partial charge in [0.25, 0.3) is 20.3 Å². The molecule has 1 heterocycles. The van der Waals surface area contributed by atoms with E-state index >= 15 is 0 Å². The normalized spacial score (nSPS) is 11.2. The lowest BCUT2D eigenvalue weighted by Crippen LogP contribution is -2.12. The molecule has 1 aromatic heterocycles. The van der Waals surface area contributed by atoms with Gasteiger partial charge in [-0.15, -0.1) is 10.2 Å². The third kappa shape index (κ3) is 4.34. The van der Waals surface area contributed by atoms with E-state index in [0.29, 0.717) is 21.9 Å². The van der Waals surface area contributed by atoms with E-state index in [1.54, 1.807) is 12.1 Å². The van der Waals surface area contributed by atoms with Crippen molar-refractivity contribution in [2.24, 2.45) is 0 Å². The van der Waals surface area contributed by atoms with Gasteiger partial charge in [-0.1, -0.05) is 29.0 Å². The second kappa shape index (κ2) is 7.36. The summed E-state index contributed by atoms with van der Waals surface area (Å²) in [6.07, 6.45) is 0. The summed E-state index contributed by atoms with van der Waals surface area (Å²) in [6.45, 7) is 0. The smallest absolute Gasteiger partial charge is 0.291 e. The van der Waals surface area contributed by atoms with E-state index in [1.807, 2.05) is 0 Å². The maximum atomic E-state index is 13.2. The number of benzene rings is 2. The molecule has 11 heteroatoms. The Hall–Kier alpha value is -2.56. The molecule has 1 amide bonds. The molecule has 0 aliphatic rings. The molecular formula is C15H10ClFN4O3S2. The third-order valence-corrected chi connectivity index (χ3v) is 5.88. The first-order chi connectivity index (χ1) is 12.3. The Morgan fingerprint density at radius 3 is 2.54 bits per heavy atom. The molecule has 0 unspecified atom stereocenters. The Balaban J connectivity index is 1.74. The van der Waals surface area contributed by atoms with Crippen LogP contribution in [0.5, 0.6) is 0 Å². The molecule has 0 atom stereocenters. The van der Waals surface area contributed by atoms with Crippen LogP contribution >= 0.6 is 22.9 Å². The zero-order valence-corrected chi connectivity index (χ0v) is 15.2. The zero-order valence-electron chi connectivity index (χ0n) is 12.8. The van der Waals surface area contributed by atoms with Crippen LogP contribution in [0, 0.1) is 5.82 Å². The molecule has 7 nitrogen and oxygen atoms in total. The molecule has 0 fully saturated rings. The zero-order chi connectivity index (χ0) is 18.7. The van der Waals surface area contributed by atoms with Gasteiger partial charge in [0.05, 0.1) is 5.69 Å². The van der Waals surface area contributed by atoms with Crippen molar-refractivity contribution in [1.82, 2.24) is 10.2 Å². The van der Waals surface area contributed by atoms with Crippen LogP contribution in [-0.2, 0) is 10.0 Å². The molecule has 134 valence electrons. The SMILES string of the molecule is O=C(Nc1nnc(S(=O)(=O)Nc2cccc(F)c2)s1)c1ccc(Cl)cc1. The van der Waals surface area contributed by atoms with E-state index in [2.05, 4.69) is 20.2 Å². The molecule has 0 spiro atoms. The fraction of sp³-hybridized carbons (Fsp3) is 0. The van der Waals surface area contributed by atoms with E-state index in [-0.39, 0.29) is 15.2 Å². The number of amides is 1. The molecule has 0 aliphatic heterocycles. The van der Waals surface area contributed by atoms with E-state index < -0.39 is 21.7 Å². The monoisotopic (exact) mass is 412 g/mol. The third-order valence-electron chi connectivity index (χ3n) is 3.04. The minimum Gasteiger partial charge on any atom is -0.296 e. The lowest BCUT2D eigenvalue weighted by atomic mass is 10.2. The largest absolute Gasteiger partial charge is 0.296 e. The summed E-state index contributed by atoms with van der Waals surface area (Å²) in [6, 6.07) is 11.1. The van der Waals surface area contributed by atoms with Crippen LogP contribution in [0.2, 0.25) is 5.02 Å². The van der Waals surface area contributed by atoms with Crippen molar-refractivity contribution in [1.29, 1.82) is 0 Å². The van der Waals surface area contributed by atoms with Gasteiger partial charge in [0.2, 0.25) is 5.13 Å². The van der Waals surface area contributed by atoms with Crippen molar-refractivity contribution in [3.05, 3.63) is 64.9 Å². The van der Waals surface area contributed by atoms with Crippen LogP contribution in [0.1, 0.15) is 10.4 Å².